The maximum absolute atomic E-state index is 12.5. The Kier molecular flexibility index (Phi) is 7.02. The number of likely N-dealkylation sites (tertiary alicyclic amines) is 1. The normalized spacial score (nSPS) is 15.3. The second-order valence-corrected chi connectivity index (χ2v) is 7.73. The molecule has 2 aromatic rings. The van der Waals surface area contributed by atoms with E-state index < -0.39 is 18.6 Å². The molecule has 0 aliphatic carbocycles. The lowest BCUT2D eigenvalue weighted by atomic mass is 9.93. The number of aromatic amines is 1. The molecule has 2 N–H and O–H groups in total. The Hall–Kier alpha value is -2.55. The van der Waals surface area contributed by atoms with Crippen LogP contribution in [0.2, 0.25) is 5.02 Å². The fraction of sp³-hybridized carbons (Fsp3) is 0.450. The SMILES string of the molecule is O=C(NCC(F)(F)F)c1cc(C2CCN(C(=O)CCc3cccc(Cl)c3)CC2)[nH]n1. The number of benzene rings is 1. The van der Waals surface area contributed by atoms with E-state index in [-0.39, 0.29) is 17.5 Å². The van der Waals surface area contributed by atoms with Gasteiger partial charge in [-0.05, 0) is 43.0 Å². The van der Waals surface area contributed by atoms with Gasteiger partial charge in [0, 0.05) is 36.1 Å². The van der Waals surface area contributed by atoms with E-state index in [4.69, 9.17) is 11.6 Å². The van der Waals surface area contributed by atoms with Gasteiger partial charge in [-0.2, -0.15) is 18.3 Å². The van der Waals surface area contributed by atoms with Gasteiger partial charge in [-0.1, -0.05) is 23.7 Å². The molecule has 0 radical (unpaired) electrons. The average molecular weight is 443 g/mol. The Morgan fingerprint density at radius 1 is 1.23 bits per heavy atom. The molecule has 2 amide bonds. The van der Waals surface area contributed by atoms with Gasteiger partial charge < -0.3 is 10.2 Å². The van der Waals surface area contributed by atoms with Crippen molar-refractivity contribution in [1.29, 1.82) is 0 Å². The highest BCUT2D eigenvalue weighted by Gasteiger charge is 2.29. The van der Waals surface area contributed by atoms with Crippen LogP contribution in [0.5, 0.6) is 0 Å². The molecule has 1 aromatic heterocycles. The zero-order valence-corrected chi connectivity index (χ0v) is 16.9. The van der Waals surface area contributed by atoms with E-state index in [9.17, 15) is 22.8 Å². The molecule has 162 valence electrons. The van der Waals surface area contributed by atoms with E-state index in [0.717, 1.165) is 5.56 Å². The van der Waals surface area contributed by atoms with E-state index in [2.05, 4.69) is 10.2 Å². The zero-order valence-electron chi connectivity index (χ0n) is 16.1. The lowest BCUT2D eigenvalue weighted by Crippen LogP contribution is -2.38. The Labute approximate surface area is 176 Å². The lowest BCUT2D eigenvalue weighted by Gasteiger charge is -2.31. The van der Waals surface area contributed by atoms with Crippen molar-refractivity contribution in [2.75, 3.05) is 19.6 Å². The first-order chi connectivity index (χ1) is 14.2. The van der Waals surface area contributed by atoms with Crippen LogP contribution in [-0.4, -0.2) is 52.7 Å². The van der Waals surface area contributed by atoms with Crippen molar-refractivity contribution in [2.24, 2.45) is 0 Å². The number of carbonyl (C=O) groups excluding carboxylic acids is 2. The predicted molar refractivity (Wildman–Crippen MR) is 105 cm³/mol. The number of alkyl halides is 3. The topological polar surface area (TPSA) is 78.1 Å². The molecule has 10 heteroatoms. The summed E-state index contributed by atoms with van der Waals surface area (Å²) in [6.45, 7) is -0.245. The van der Waals surface area contributed by atoms with E-state index in [0.29, 0.717) is 49.5 Å². The maximum atomic E-state index is 12.5. The quantitative estimate of drug-likeness (QED) is 0.716. The third-order valence-corrected chi connectivity index (χ3v) is 5.32. The van der Waals surface area contributed by atoms with E-state index in [1.807, 2.05) is 23.1 Å². The van der Waals surface area contributed by atoms with Crippen LogP contribution in [0.1, 0.15) is 46.9 Å². The van der Waals surface area contributed by atoms with Crippen molar-refractivity contribution in [2.45, 2.75) is 37.8 Å². The molecule has 1 aliphatic rings. The largest absolute Gasteiger partial charge is 0.405 e. The Morgan fingerprint density at radius 2 is 1.97 bits per heavy atom. The van der Waals surface area contributed by atoms with Gasteiger partial charge in [0.1, 0.15) is 12.2 Å². The van der Waals surface area contributed by atoms with E-state index in [1.54, 1.807) is 11.4 Å². The van der Waals surface area contributed by atoms with Gasteiger partial charge >= 0.3 is 6.18 Å². The van der Waals surface area contributed by atoms with Gasteiger partial charge in [-0.3, -0.25) is 14.7 Å². The minimum absolute atomic E-state index is 0.0682. The molecule has 0 saturated carbocycles. The first kappa shape index (κ1) is 22.1. The number of carbonyl (C=O) groups is 2. The number of aromatic nitrogens is 2. The van der Waals surface area contributed by atoms with Crippen molar-refractivity contribution < 1.29 is 22.8 Å². The third-order valence-electron chi connectivity index (χ3n) is 5.08. The highest BCUT2D eigenvalue weighted by atomic mass is 35.5. The first-order valence-electron chi connectivity index (χ1n) is 9.64. The Balaban J connectivity index is 1.46. The van der Waals surface area contributed by atoms with Gasteiger partial charge in [0.05, 0.1) is 0 Å². The fourth-order valence-electron chi connectivity index (χ4n) is 3.47. The summed E-state index contributed by atoms with van der Waals surface area (Å²) in [4.78, 5) is 26.1. The zero-order chi connectivity index (χ0) is 21.7. The predicted octanol–water partition coefficient (Wildman–Crippen LogP) is 3.69. The monoisotopic (exact) mass is 442 g/mol. The van der Waals surface area contributed by atoms with Crippen LogP contribution in [0.3, 0.4) is 0 Å². The summed E-state index contributed by atoms with van der Waals surface area (Å²) in [6, 6.07) is 8.91. The van der Waals surface area contributed by atoms with E-state index >= 15 is 0 Å². The minimum Gasteiger partial charge on any atom is -0.343 e. The molecule has 0 spiro atoms. The van der Waals surface area contributed by atoms with Crippen molar-refractivity contribution >= 4 is 23.4 Å². The van der Waals surface area contributed by atoms with Gasteiger partial charge in [0.2, 0.25) is 5.91 Å². The summed E-state index contributed by atoms with van der Waals surface area (Å²) in [6.07, 6.45) is -2.07. The molecule has 6 nitrogen and oxygen atoms in total. The number of hydrogen-bond donors (Lipinski definition) is 2. The highest BCUT2D eigenvalue weighted by Crippen LogP contribution is 2.27. The van der Waals surface area contributed by atoms with Gasteiger partial charge in [-0.25, -0.2) is 0 Å². The molecular weight excluding hydrogens is 421 g/mol. The molecule has 1 saturated heterocycles. The summed E-state index contributed by atoms with van der Waals surface area (Å²) in [5, 5.41) is 9.01. The van der Waals surface area contributed by atoms with E-state index in [1.165, 1.54) is 6.07 Å². The molecule has 2 heterocycles. The highest BCUT2D eigenvalue weighted by molar-refractivity contribution is 6.30. The number of halogens is 4. The second-order valence-electron chi connectivity index (χ2n) is 7.29. The standard InChI is InChI=1S/C20H22ClF3N4O2/c21-15-3-1-2-13(10-15)4-5-18(29)28-8-6-14(7-9-28)16-11-17(27-26-16)19(30)25-12-20(22,23)24/h1-3,10-11,14H,4-9,12H2,(H,25,30)(H,26,27). The van der Waals surface area contributed by atoms with Crippen LogP contribution in [0.15, 0.2) is 30.3 Å². The second kappa shape index (κ2) is 9.51. The van der Waals surface area contributed by atoms with Crippen LogP contribution < -0.4 is 5.32 Å². The van der Waals surface area contributed by atoms with Gasteiger partial charge in [-0.15, -0.1) is 0 Å². The number of nitrogens with zero attached hydrogens (tertiary/aromatic N) is 2. The number of nitrogens with one attached hydrogen (secondary N) is 2. The molecule has 1 fully saturated rings. The van der Waals surface area contributed by atoms with Crippen molar-refractivity contribution in [1.82, 2.24) is 20.4 Å². The fourth-order valence-corrected chi connectivity index (χ4v) is 3.69. The van der Waals surface area contributed by atoms with Gasteiger partial charge in [0.25, 0.3) is 5.91 Å². The number of rotatable bonds is 6. The van der Waals surface area contributed by atoms with Crippen LogP contribution in [0, 0.1) is 0 Å². The van der Waals surface area contributed by atoms with Crippen LogP contribution >= 0.6 is 11.6 Å². The smallest absolute Gasteiger partial charge is 0.343 e. The number of piperidine rings is 1. The molecule has 0 unspecified atom stereocenters. The number of H-pyrrole nitrogens is 1. The Bertz CT molecular complexity index is 892. The minimum atomic E-state index is -4.47. The first-order valence-corrected chi connectivity index (χ1v) is 10.0. The summed E-state index contributed by atoms with van der Waals surface area (Å²) in [5.74, 6) is -0.729. The van der Waals surface area contributed by atoms with Gasteiger partial charge in [0.15, 0.2) is 0 Å². The molecule has 0 bridgehead atoms. The molecule has 0 atom stereocenters. The molecule has 3 rings (SSSR count). The molecule has 1 aliphatic heterocycles. The van der Waals surface area contributed by atoms with Crippen LogP contribution in [0.4, 0.5) is 13.2 Å². The van der Waals surface area contributed by atoms with Crippen LogP contribution in [0.25, 0.3) is 0 Å². The number of amides is 2. The number of aryl methyl sites for hydroxylation is 1. The lowest BCUT2D eigenvalue weighted by molar-refractivity contribution is -0.132. The van der Waals surface area contributed by atoms with Crippen molar-refractivity contribution in [3.8, 4) is 0 Å². The summed E-state index contributed by atoms with van der Waals surface area (Å²) in [5.41, 5.74) is 1.63. The Morgan fingerprint density at radius 3 is 2.63 bits per heavy atom. The molecule has 30 heavy (non-hydrogen) atoms. The summed E-state index contributed by atoms with van der Waals surface area (Å²) >= 11 is 5.96. The molecule has 1 aromatic carbocycles. The summed E-state index contributed by atoms with van der Waals surface area (Å²) in [7, 11) is 0. The third kappa shape index (κ3) is 6.22. The maximum Gasteiger partial charge on any atom is 0.405 e. The van der Waals surface area contributed by atoms with Crippen molar-refractivity contribution in [3.05, 3.63) is 52.3 Å². The number of hydrogen-bond acceptors (Lipinski definition) is 3. The average Bonchev–Trinajstić information content (AvgIpc) is 3.20. The summed E-state index contributed by atoms with van der Waals surface area (Å²) < 4.78 is 36.7. The van der Waals surface area contributed by atoms with Crippen LogP contribution in [-0.2, 0) is 11.2 Å². The molecular formula is C20H22ClF3N4O2. The van der Waals surface area contributed by atoms with Crippen molar-refractivity contribution in [3.63, 3.8) is 0 Å².